The normalized spacial score (nSPS) is 11.2. The van der Waals surface area contributed by atoms with Gasteiger partial charge >= 0.3 is 0 Å². The smallest absolute Gasteiger partial charge is 0.186 e. The van der Waals surface area contributed by atoms with E-state index in [4.69, 9.17) is 12.2 Å². The van der Waals surface area contributed by atoms with Gasteiger partial charge in [-0.15, -0.1) is 0 Å². The van der Waals surface area contributed by atoms with Crippen LogP contribution in [0.1, 0.15) is 29.2 Å². The van der Waals surface area contributed by atoms with Crippen LogP contribution in [0.15, 0.2) is 17.2 Å². The molecule has 0 aromatic heterocycles. The Kier molecular flexibility index (Phi) is 4.63. The lowest BCUT2D eigenvalue weighted by Gasteiger charge is -2.11. The molecule has 0 aliphatic carbocycles. The van der Waals surface area contributed by atoms with Gasteiger partial charge in [-0.2, -0.15) is 5.10 Å². The fourth-order valence-electron chi connectivity index (χ4n) is 2.00. The number of hydrogen-bond donors (Lipinski definition) is 2. The van der Waals surface area contributed by atoms with E-state index in [1.165, 1.54) is 22.3 Å². The first-order valence-corrected chi connectivity index (χ1v) is 5.96. The second-order valence-corrected chi connectivity index (χ2v) is 4.57. The summed E-state index contributed by atoms with van der Waals surface area (Å²) in [4.78, 5) is 0. The number of aryl methyl sites for hydroxylation is 3. The summed E-state index contributed by atoms with van der Waals surface area (Å²) in [5.74, 6) is 0. The molecule has 0 aliphatic rings. The zero-order valence-electron chi connectivity index (χ0n) is 11.0. The van der Waals surface area contributed by atoms with Gasteiger partial charge in [-0.25, -0.2) is 0 Å². The standard InChI is InChI=1S/C13H19N3S/c1-8-6-9(2)12(10(3)7-8)11(4)15-16-13(17)14-5/h6-7H,1-5H3,(H2,14,16,17)/b15-11-. The second kappa shape index (κ2) is 5.77. The zero-order valence-corrected chi connectivity index (χ0v) is 11.8. The van der Waals surface area contributed by atoms with Crippen LogP contribution in [-0.4, -0.2) is 17.9 Å². The zero-order chi connectivity index (χ0) is 13.0. The minimum atomic E-state index is 0.520. The predicted molar refractivity (Wildman–Crippen MR) is 77.7 cm³/mol. The van der Waals surface area contributed by atoms with Crippen LogP contribution >= 0.6 is 12.2 Å². The number of rotatable bonds is 2. The lowest BCUT2D eigenvalue weighted by molar-refractivity contribution is 0.972. The van der Waals surface area contributed by atoms with Gasteiger partial charge in [-0.3, -0.25) is 5.43 Å². The second-order valence-electron chi connectivity index (χ2n) is 4.16. The summed E-state index contributed by atoms with van der Waals surface area (Å²) < 4.78 is 0. The van der Waals surface area contributed by atoms with Crippen molar-refractivity contribution in [2.24, 2.45) is 5.10 Å². The molecule has 0 spiro atoms. The van der Waals surface area contributed by atoms with Crippen molar-refractivity contribution in [1.29, 1.82) is 0 Å². The summed E-state index contributed by atoms with van der Waals surface area (Å²) >= 11 is 4.98. The van der Waals surface area contributed by atoms with Gasteiger partial charge in [0.1, 0.15) is 0 Å². The van der Waals surface area contributed by atoms with Crippen molar-refractivity contribution in [2.75, 3.05) is 7.05 Å². The topological polar surface area (TPSA) is 36.4 Å². The number of nitrogens with one attached hydrogen (secondary N) is 2. The fourth-order valence-corrected chi connectivity index (χ4v) is 2.04. The molecule has 17 heavy (non-hydrogen) atoms. The van der Waals surface area contributed by atoms with Crippen LogP contribution < -0.4 is 10.7 Å². The molecule has 1 aromatic rings. The van der Waals surface area contributed by atoms with E-state index in [1.807, 2.05) is 6.92 Å². The van der Waals surface area contributed by atoms with E-state index >= 15 is 0 Å². The van der Waals surface area contributed by atoms with Crippen LogP contribution in [0.25, 0.3) is 0 Å². The van der Waals surface area contributed by atoms with E-state index in [0.717, 1.165) is 5.71 Å². The predicted octanol–water partition coefficient (Wildman–Crippen LogP) is 2.43. The molecule has 0 aliphatic heterocycles. The molecule has 0 atom stereocenters. The molecule has 2 N–H and O–H groups in total. The summed E-state index contributed by atoms with van der Waals surface area (Å²) in [5, 5.41) is 7.62. The number of hydrazone groups is 1. The molecule has 0 fully saturated rings. The number of hydrogen-bond acceptors (Lipinski definition) is 2. The summed E-state index contributed by atoms with van der Waals surface area (Å²) in [5.41, 5.74) is 8.68. The number of thiocarbonyl (C=S) groups is 1. The molecule has 4 heteroatoms. The van der Waals surface area contributed by atoms with Crippen LogP contribution in [0.4, 0.5) is 0 Å². The largest absolute Gasteiger partial charge is 0.364 e. The van der Waals surface area contributed by atoms with Gasteiger partial charge in [0.2, 0.25) is 0 Å². The third kappa shape index (κ3) is 3.53. The van der Waals surface area contributed by atoms with Gasteiger partial charge in [0.25, 0.3) is 0 Å². The molecule has 92 valence electrons. The maximum atomic E-state index is 4.98. The fraction of sp³-hybridized carbons (Fsp3) is 0.385. The highest BCUT2D eigenvalue weighted by Crippen LogP contribution is 2.17. The number of benzene rings is 1. The first-order chi connectivity index (χ1) is 7.95. The lowest BCUT2D eigenvalue weighted by atomic mass is 9.97. The quantitative estimate of drug-likeness (QED) is 0.480. The van der Waals surface area contributed by atoms with Crippen molar-refractivity contribution < 1.29 is 0 Å². The van der Waals surface area contributed by atoms with Crippen molar-refractivity contribution in [2.45, 2.75) is 27.7 Å². The third-order valence-electron chi connectivity index (χ3n) is 2.59. The average Bonchev–Trinajstić information content (AvgIpc) is 2.24. The van der Waals surface area contributed by atoms with Crippen LogP contribution in [0.3, 0.4) is 0 Å². The Bertz CT molecular complexity index is 441. The van der Waals surface area contributed by atoms with Crippen LogP contribution in [0.2, 0.25) is 0 Å². The van der Waals surface area contributed by atoms with Crippen LogP contribution in [-0.2, 0) is 0 Å². The molecule has 0 radical (unpaired) electrons. The Hall–Kier alpha value is -1.42. The molecular formula is C13H19N3S. The van der Waals surface area contributed by atoms with Crippen molar-refractivity contribution in [3.05, 3.63) is 34.4 Å². The van der Waals surface area contributed by atoms with Gasteiger partial charge in [-0.05, 0) is 51.0 Å². The van der Waals surface area contributed by atoms with E-state index < -0.39 is 0 Å². The summed E-state index contributed by atoms with van der Waals surface area (Å²) in [6.07, 6.45) is 0. The van der Waals surface area contributed by atoms with Crippen molar-refractivity contribution in [3.63, 3.8) is 0 Å². The van der Waals surface area contributed by atoms with Gasteiger partial charge in [0.05, 0.1) is 5.71 Å². The molecule has 3 nitrogen and oxygen atoms in total. The Labute approximate surface area is 108 Å². The van der Waals surface area contributed by atoms with E-state index in [9.17, 15) is 0 Å². The first kappa shape index (κ1) is 13.6. The highest BCUT2D eigenvalue weighted by Gasteiger charge is 2.07. The van der Waals surface area contributed by atoms with Crippen molar-refractivity contribution in [3.8, 4) is 0 Å². The SMILES string of the molecule is CNC(=S)N/N=C(/C)c1c(C)cc(C)cc1C. The van der Waals surface area contributed by atoms with E-state index in [0.29, 0.717) is 5.11 Å². The highest BCUT2D eigenvalue weighted by molar-refractivity contribution is 7.80. The Morgan fingerprint density at radius 2 is 1.71 bits per heavy atom. The lowest BCUT2D eigenvalue weighted by Crippen LogP contribution is -2.29. The number of nitrogens with zero attached hydrogens (tertiary/aromatic N) is 1. The van der Waals surface area contributed by atoms with Crippen molar-refractivity contribution in [1.82, 2.24) is 10.7 Å². The van der Waals surface area contributed by atoms with Gasteiger partial charge < -0.3 is 5.32 Å². The summed E-state index contributed by atoms with van der Waals surface area (Å²) in [6, 6.07) is 4.33. The molecular weight excluding hydrogens is 230 g/mol. The minimum absolute atomic E-state index is 0.520. The molecule has 0 saturated carbocycles. The van der Waals surface area contributed by atoms with E-state index in [1.54, 1.807) is 7.05 Å². The van der Waals surface area contributed by atoms with Crippen LogP contribution in [0, 0.1) is 20.8 Å². The molecule has 0 amide bonds. The first-order valence-electron chi connectivity index (χ1n) is 5.56. The minimum Gasteiger partial charge on any atom is -0.364 e. The van der Waals surface area contributed by atoms with Gasteiger partial charge in [0.15, 0.2) is 5.11 Å². The van der Waals surface area contributed by atoms with Gasteiger partial charge in [0, 0.05) is 12.6 Å². The molecule has 0 bridgehead atoms. The van der Waals surface area contributed by atoms with Gasteiger partial charge in [-0.1, -0.05) is 17.7 Å². The third-order valence-corrected chi connectivity index (χ3v) is 2.89. The maximum Gasteiger partial charge on any atom is 0.186 e. The summed E-state index contributed by atoms with van der Waals surface area (Å²) in [6.45, 7) is 8.29. The highest BCUT2D eigenvalue weighted by atomic mass is 32.1. The molecule has 0 heterocycles. The van der Waals surface area contributed by atoms with Crippen LogP contribution in [0.5, 0.6) is 0 Å². The Balaban J connectivity index is 3.04. The summed E-state index contributed by atoms with van der Waals surface area (Å²) in [7, 11) is 1.77. The Morgan fingerprint density at radius 3 is 2.18 bits per heavy atom. The Morgan fingerprint density at radius 1 is 1.18 bits per heavy atom. The average molecular weight is 249 g/mol. The van der Waals surface area contributed by atoms with E-state index in [2.05, 4.69) is 48.7 Å². The molecule has 0 unspecified atom stereocenters. The molecule has 1 rings (SSSR count). The van der Waals surface area contributed by atoms with E-state index in [-0.39, 0.29) is 0 Å². The monoisotopic (exact) mass is 249 g/mol. The maximum absolute atomic E-state index is 4.98. The molecule has 0 saturated heterocycles. The van der Waals surface area contributed by atoms with Crippen molar-refractivity contribution >= 4 is 23.0 Å². The molecule has 1 aromatic carbocycles.